The van der Waals surface area contributed by atoms with Gasteiger partial charge in [0, 0.05) is 5.57 Å². The molecule has 1 rings (SSSR count). The zero-order valence-corrected chi connectivity index (χ0v) is 11.6. The molecule has 0 aromatic carbocycles. The Morgan fingerprint density at radius 2 is 1.78 bits per heavy atom. The van der Waals surface area contributed by atoms with E-state index >= 15 is 0 Å². The monoisotopic (exact) mass is 254 g/mol. The number of carbonyl (C=O) groups excluding carboxylic acids is 2. The fourth-order valence-corrected chi connectivity index (χ4v) is 1.90. The smallest absolute Gasteiger partial charge is 0.333 e. The van der Waals surface area contributed by atoms with Crippen molar-refractivity contribution in [3.05, 3.63) is 11.6 Å². The molecule has 1 atom stereocenters. The number of carbonyl (C=O) groups is 2. The van der Waals surface area contributed by atoms with E-state index in [0.717, 1.165) is 12.8 Å². The van der Waals surface area contributed by atoms with Gasteiger partial charge in [0.1, 0.15) is 0 Å². The van der Waals surface area contributed by atoms with Gasteiger partial charge in [0.15, 0.2) is 0 Å². The van der Waals surface area contributed by atoms with Crippen LogP contribution in [0.3, 0.4) is 0 Å². The summed E-state index contributed by atoms with van der Waals surface area (Å²) in [6.45, 7) is 7.27. The van der Waals surface area contributed by atoms with E-state index in [9.17, 15) is 9.59 Å². The van der Waals surface area contributed by atoms with Crippen LogP contribution < -0.4 is 0 Å². The normalized spacial score (nSPS) is 19.7. The van der Waals surface area contributed by atoms with E-state index in [2.05, 4.69) is 0 Å². The van der Waals surface area contributed by atoms with E-state index in [1.165, 1.54) is 0 Å². The highest BCUT2D eigenvalue weighted by molar-refractivity contribution is 5.90. The van der Waals surface area contributed by atoms with Crippen molar-refractivity contribution in [1.29, 1.82) is 0 Å². The van der Waals surface area contributed by atoms with Gasteiger partial charge in [-0.05, 0) is 47.0 Å². The van der Waals surface area contributed by atoms with Crippen LogP contribution in [0.4, 0.5) is 0 Å². The lowest BCUT2D eigenvalue weighted by Crippen LogP contribution is -2.26. The Bertz CT molecular complexity index is 342. The van der Waals surface area contributed by atoms with Gasteiger partial charge in [-0.1, -0.05) is 6.08 Å². The fraction of sp³-hybridized carbons (Fsp3) is 0.714. The van der Waals surface area contributed by atoms with Gasteiger partial charge in [-0.3, -0.25) is 4.79 Å². The number of ether oxygens (including phenoxy) is 2. The van der Waals surface area contributed by atoms with Crippen molar-refractivity contribution >= 4 is 11.9 Å². The van der Waals surface area contributed by atoms with E-state index in [1.54, 1.807) is 0 Å². The molecule has 18 heavy (non-hydrogen) atoms. The van der Waals surface area contributed by atoms with Gasteiger partial charge in [0.25, 0.3) is 0 Å². The molecule has 4 heteroatoms. The first-order valence-corrected chi connectivity index (χ1v) is 6.50. The summed E-state index contributed by atoms with van der Waals surface area (Å²) >= 11 is 0. The molecular formula is C14H22O4. The number of allylic oxidation sites excluding steroid dienone is 1. The molecule has 0 aliphatic heterocycles. The molecule has 0 aromatic heterocycles. The van der Waals surface area contributed by atoms with Crippen LogP contribution in [0.1, 0.15) is 47.0 Å². The zero-order valence-electron chi connectivity index (χ0n) is 11.6. The summed E-state index contributed by atoms with van der Waals surface area (Å²) in [7, 11) is 0. The lowest BCUT2D eigenvalue weighted by Gasteiger charge is -2.22. The third-order valence-electron chi connectivity index (χ3n) is 2.66. The predicted octanol–water partition coefficient (Wildman–Crippen LogP) is 2.62. The molecule has 1 aliphatic carbocycles. The van der Waals surface area contributed by atoms with Crippen molar-refractivity contribution in [3.8, 4) is 0 Å². The Hall–Kier alpha value is -1.32. The van der Waals surface area contributed by atoms with Crippen LogP contribution >= 0.6 is 0 Å². The van der Waals surface area contributed by atoms with E-state index in [0.29, 0.717) is 12.0 Å². The molecule has 102 valence electrons. The first-order valence-electron chi connectivity index (χ1n) is 6.50. The Kier molecular flexibility index (Phi) is 5.38. The molecule has 0 saturated carbocycles. The Labute approximate surface area is 108 Å². The number of esters is 2. The Morgan fingerprint density at radius 3 is 2.33 bits per heavy atom. The molecule has 4 nitrogen and oxygen atoms in total. The van der Waals surface area contributed by atoms with Crippen LogP contribution in [0.25, 0.3) is 0 Å². The number of hydrogen-bond donors (Lipinski definition) is 0. The maximum absolute atomic E-state index is 11.8. The molecule has 0 fully saturated rings. The van der Waals surface area contributed by atoms with Crippen molar-refractivity contribution in [2.45, 2.75) is 59.2 Å². The zero-order chi connectivity index (χ0) is 13.7. The summed E-state index contributed by atoms with van der Waals surface area (Å²) in [5, 5.41) is 0. The summed E-state index contributed by atoms with van der Waals surface area (Å²) in [4.78, 5) is 23.6. The quantitative estimate of drug-likeness (QED) is 0.724. The summed E-state index contributed by atoms with van der Waals surface area (Å²) in [6.07, 6.45) is 3.50. The molecule has 0 N–H and O–H groups in total. The largest absolute Gasteiger partial charge is 0.463 e. The first-order chi connectivity index (χ1) is 8.40. The third-order valence-corrected chi connectivity index (χ3v) is 2.66. The molecule has 0 radical (unpaired) electrons. The van der Waals surface area contributed by atoms with Gasteiger partial charge in [0.05, 0.1) is 18.1 Å². The molecule has 0 saturated heterocycles. The van der Waals surface area contributed by atoms with Crippen LogP contribution in [0.15, 0.2) is 11.6 Å². The van der Waals surface area contributed by atoms with Crippen molar-refractivity contribution in [2.75, 3.05) is 0 Å². The second-order valence-corrected chi connectivity index (χ2v) is 5.15. The average molecular weight is 254 g/mol. The van der Waals surface area contributed by atoms with Gasteiger partial charge in [-0.25, -0.2) is 4.79 Å². The highest BCUT2D eigenvalue weighted by atomic mass is 16.5. The third kappa shape index (κ3) is 4.51. The molecule has 1 aliphatic rings. The van der Waals surface area contributed by atoms with Crippen molar-refractivity contribution in [1.82, 2.24) is 0 Å². The molecule has 0 bridgehead atoms. The molecular weight excluding hydrogens is 232 g/mol. The summed E-state index contributed by atoms with van der Waals surface area (Å²) < 4.78 is 10.3. The molecule has 1 unspecified atom stereocenters. The average Bonchev–Trinajstić information content (AvgIpc) is 2.27. The van der Waals surface area contributed by atoms with Gasteiger partial charge in [0.2, 0.25) is 0 Å². The van der Waals surface area contributed by atoms with Crippen LogP contribution in [0.5, 0.6) is 0 Å². The molecule has 0 heterocycles. The standard InChI is InChI=1S/C14H22O4/c1-9(2)17-13(15)11-6-5-7-12(8-11)14(16)18-10(3)4/h6,9-10,12H,5,7-8H2,1-4H3. The minimum absolute atomic E-state index is 0.116. The number of hydrogen-bond acceptors (Lipinski definition) is 4. The fourth-order valence-electron chi connectivity index (χ4n) is 1.90. The summed E-state index contributed by atoms with van der Waals surface area (Å²) in [5.41, 5.74) is 0.598. The first kappa shape index (κ1) is 14.7. The Balaban J connectivity index is 2.57. The molecule has 0 aromatic rings. The van der Waals surface area contributed by atoms with E-state index < -0.39 is 0 Å². The second kappa shape index (κ2) is 6.57. The summed E-state index contributed by atoms with van der Waals surface area (Å²) in [6, 6.07) is 0. The lowest BCUT2D eigenvalue weighted by molar-refractivity contribution is -0.153. The number of rotatable bonds is 4. The van der Waals surface area contributed by atoms with Crippen molar-refractivity contribution < 1.29 is 19.1 Å². The minimum atomic E-state index is -0.313. The van der Waals surface area contributed by atoms with Crippen molar-refractivity contribution in [2.24, 2.45) is 5.92 Å². The van der Waals surface area contributed by atoms with Gasteiger partial charge in [-0.2, -0.15) is 0 Å². The topological polar surface area (TPSA) is 52.6 Å². The maximum atomic E-state index is 11.8. The predicted molar refractivity (Wildman–Crippen MR) is 67.9 cm³/mol. The minimum Gasteiger partial charge on any atom is -0.463 e. The molecule has 0 spiro atoms. The van der Waals surface area contributed by atoms with Crippen LogP contribution in [0, 0.1) is 5.92 Å². The van der Waals surface area contributed by atoms with Gasteiger partial charge < -0.3 is 9.47 Å². The highest BCUT2D eigenvalue weighted by Gasteiger charge is 2.28. The molecule has 0 amide bonds. The summed E-state index contributed by atoms with van der Waals surface area (Å²) in [5.74, 6) is -0.743. The van der Waals surface area contributed by atoms with Crippen LogP contribution in [-0.4, -0.2) is 24.1 Å². The lowest BCUT2D eigenvalue weighted by atomic mass is 9.89. The van der Waals surface area contributed by atoms with Crippen LogP contribution in [-0.2, 0) is 19.1 Å². The van der Waals surface area contributed by atoms with Gasteiger partial charge >= 0.3 is 11.9 Å². The van der Waals surface area contributed by atoms with E-state index in [-0.39, 0.29) is 30.1 Å². The van der Waals surface area contributed by atoms with E-state index in [4.69, 9.17) is 9.47 Å². The SMILES string of the molecule is CC(C)OC(=O)C1=CCCC(C(=O)OC(C)C)C1. The van der Waals surface area contributed by atoms with Gasteiger partial charge in [-0.15, -0.1) is 0 Å². The van der Waals surface area contributed by atoms with Crippen molar-refractivity contribution in [3.63, 3.8) is 0 Å². The highest BCUT2D eigenvalue weighted by Crippen LogP contribution is 2.26. The second-order valence-electron chi connectivity index (χ2n) is 5.15. The maximum Gasteiger partial charge on any atom is 0.333 e. The van der Waals surface area contributed by atoms with Crippen LogP contribution in [0.2, 0.25) is 0 Å². The van der Waals surface area contributed by atoms with E-state index in [1.807, 2.05) is 33.8 Å². The Morgan fingerprint density at radius 1 is 1.17 bits per heavy atom.